The van der Waals surface area contributed by atoms with Gasteiger partial charge in [0.25, 0.3) is 11.8 Å². The first-order valence-corrected chi connectivity index (χ1v) is 8.92. The monoisotopic (exact) mass is 382 g/mol. The van der Waals surface area contributed by atoms with E-state index in [0.717, 1.165) is 17.7 Å². The standard InChI is InChI=1S/C20H18N2O6/c1-27-20(26)12-4-6-14(7-5-12)22-17(23)11-15(18(22)24)21(13-8-9-13)19(25)16-3-2-10-28-16/h2-7,10,13,15H,8-9,11H2,1H3. The van der Waals surface area contributed by atoms with E-state index in [9.17, 15) is 19.2 Å². The molecule has 0 radical (unpaired) electrons. The molecule has 4 rings (SSSR count). The van der Waals surface area contributed by atoms with Gasteiger partial charge in [0.15, 0.2) is 5.76 Å². The molecule has 1 aromatic carbocycles. The maximum Gasteiger partial charge on any atom is 0.337 e. The number of furan rings is 1. The molecule has 1 aromatic heterocycles. The second-order valence-corrected chi connectivity index (χ2v) is 6.75. The Hall–Kier alpha value is -3.42. The first-order valence-electron chi connectivity index (χ1n) is 8.92. The van der Waals surface area contributed by atoms with Gasteiger partial charge in [0.2, 0.25) is 5.91 Å². The van der Waals surface area contributed by atoms with Crippen molar-refractivity contribution in [3.63, 3.8) is 0 Å². The molecule has 8 nitrogen and oxygen atoms in total. The Morgan fingerprint density at radius 3 is 2.43 bits per heavy atom. The molecule has 2 aromatic rings. The highest BCUT2D eigenvalue weighted by Gasteiger charge is 2.49. The number of rotatable bonds is 5. The van der Waals surface area contributed by atoms with E-state index in [1.165, 1.54) is 42.5 Å². The molecule has 3 amide bonds. The number of hydrogen-bond acceptors (Lipinski definition) is 6. The summed E-state index contributed by atoms with van der Waals surface area (Å²) >= 11 is 0. The summed E-state index contributed by atoms with van der Waals surface area (Å²) in [5.74, 6) is -1.59. The van der Waals surface area contributed by atoms with E-state index < -0.39 is 23.8 Å². The zero-order valence-electron chi connectivity index (χ0n) is 15.2. The second-order valence-electron chi connectivity index (χ2n) is 6.75. The number of carbonyl (C=O) groups excluding carboxylic acids is 4. The van der Waals surface area contributed by atoms with E-state index in [1.807, 2.05) is 0 Å². The van der Waals surface area contributed by atoms with Crippen LogP contribution >= 0.6 is 0 Å². The van der Waals surface area contributed by atoms with Crippen LogP contribution in [0.15, 0.2) is 47.1 Å². The van der Waals surface area contributed by atoms with Gasteiger partial charge in [-0.3, -0.25) is 14.4 Å². The van der Waals surface area contributed by atoms with Crippen molar-refractivity contribution >= 4 is 29.4 Å². The van der Waals surface area contributed by atoms with Gasteiger partial charge in [-0.05, 0) is 49.2 Å². The number of nitrogens with zero attached hydrogens (tertiary/aromatic N) is 2. The minimum absolute atomic E-state index is 0.0685. The molecular formula is C20H18N2O6. The molecule has 1 aliphatic heterocycles. The van der Waals surface area contributed by atoms with Gasteiger partial charge in [0.1, 0.15) is 6.04 Å². The zero-order chi connectivity index (χ0) is 19.8. The summed E-state index contributed by atoms with van der Waals surface area (Å²) in [6.07, 6.45) is 2.89. The van der Waals surface area contributed by atoms with Gasteiger partial charge >= 0.3 is 5.97 Å². The predicted octanol–water partition coefficient (Wildman–Crippen LogP) is 2.00. The van der Waals surface area contributed by atoms with Crippen LogP contribution in [0.2, 0.25) is 0 Å². The van der Waals surface area contributed by atoms with E-state index in [1.54, 1.807) is 12.1 Å². The number of anilines is 1. The van der Waals surface area contributed by atoms with Crippen LogP contribution in [0.3, 0.4) is 0 Å². The van der Waals surface area contributed by atoms with Crippen molar-refractivity contribution in [1.82, 2.24) is 4.90 Å². The first-order chi connectivity index (χ1) is 13.5. The summed E-state index contributed by atoms with van der Waals surface area (Å²) in [5.41, 5.74) is 0.667. The van der Waals surface area contributed by atoms with Gasteiger partial charge in [-0.1, -0.05) is 0 Å². The summed E-state index contributed by atoms with van der Waals surface area (Å²) in [7, 11) is 1.27. The predicted molar refractivity (Wildman–Crippen MR) is 96.6 cm³/mol. The Morgan fingerprint density at radius 1 is 1.14 bits per heavy atom. The molecule has 2 fully saturated rings. The Morgan fingerprint density at radius 2 is 1.86 bits per heavy atom. The van der Waals surface area contributed by atoms with Gasteiger partial charge in [-0.25, -0.2) is 9.69 Å². The number of hydrogen-bond donors (Lipinski definition) is 0. The highest BCUT2D eigenvalue weighted by molar-refractivity contribution is 6.23. The maximum absolute atomic E-state index is 13.0. The maximum atomic E-state index is 13.0. The van der Waals surface area contributed by atoms with Crippen LogP contribution in [0.4, 0.5) is 5.69 Å². The van der Waals surface area contributed by atoms with Crippen molar-refractivity contribution in [2.45, 2.75) is 31.3 Å². The molecule has 1 saturated heterocycles. The normalized spacial score (nSPS) is 19.0. The largest absolute Gasteiger partial charge is 0.465 e. The summed E-state index contributed by atoms with van der Waals surface area (Å²) in [6.45, 7) is 0. The number of benzene rings is 1. The van der Waals surface area contributed by atoms with E-state index in [0.29, 0.717) is 11.3 Å². The lowest BCUT2D eigenvalue weighted by atomic mass is 10.2. The van der Waals surface area contributed by atoms with Gasteiger partial charge in [0, 0.05) is 6.04 Å². The van der Waals surface area contributed by atoms with Crippen molar-refractivity contribution in [2.24, 2.45) is 0 Å². The van der Waals surface area contributed by atoms with Crippen LogP contribution in [0.1, 0.15) is 40.2 Å². The van der Waals surface area contributed by atoms with E-state index >= 15 is 0 Å². The zero-order valence-corrected chi connectivity index (χ0v) is 15.2. The Bertz CT molecular complexity index is 930. The summed E-state index contributed by atoms with van der Waals surface area (Å²) in [5, 5.41) is 0. The lowest BCUT2D eigenvalue weighted by Gasteiger charge is -2.26. The highest BCUT2D eigenvalue weighted by Crippen LogP contribution is 2.35. The Labute approximate surface area is 160 Å². The third-order valence-corrected chi connectivity index (χ3v) is 4.91. The second kappa shape index (κ2) is 6.95. The fourth-order valence-corrected chi connectivity index (χ4v) is 3.41. The van der Waals surface area contributed by atoms with Gasteiger partial charge in [-0.15, -0.1) is 0 Å². The summed E-state index contributed by atoms with van der Waals surface area (Å²) in [6, 6.07) is 8.22. The fraction of sp³-hybridized carbons (Fsp3) is 0.300. The molecule has 1 atom stereocenters. The van der Waals surface area contributed by atoms with Crippen molar-refractivity contribution < 1.29 is 28.3 Å². The molecule has 1 saturated carbocycles. The molecule has 0 bridgehead atoms. The summed E-state index contributed by atoms with van der Waals surface area (Å²) < 4.78 is 9.84. The average molecular weight is 382 g/mol. The van der Waals surface area contributed by atoms with Crippen molar-refractivity contribution in [2.75, 3.05) is 12.0 Å². The van der Waals surface area contributed by atoms with Crippen LogP contribution in [0, 0.1) is 0 Å². The number of ether oxygens (including phenoxy) is 1. The fourth-order valence-electron chi connectivity index (χ4n) is 3.41. The average Bonchev–Trinajstić information content (AvgIpc) is 3.29. The molecule has 1 aliphatic carbocycles. The number of imide groups is 1. The summed E-state index contributed by atoms with van der Waals surface area (Å²) in [4.78, 5) is 52.5. The molecule has 2 aliphatic rings. The van der Waals surface area contributed by atoms with Crippen LogP contribution < -0.4 is 4.90 Å². The lowest BCUT2D eigenvalue weighted by Crippen LogP contribution is -2.46. The lowest BCUT2D eigenvalue weighted by molar-refractivity contribution is -0.122. The van der Waals surface area contributed by atoms with Crippen LogP contribution in [0.25, 0.3) is 0 Å². The van der Waals surface area contributed by atoms with Crippen LogP contribution in [0.5, 0.6) is 0 Å². The Kier molecular flexibility index (Phi) is 4.46. The molecule has 2 heterocycles. The van der Waals surface area contributed by atoms with Gasteiger partial charge in [0.05, 0.1) is 31.0 Å². The Balaban J connectivity index is 1.59. The minimum atomic E-state index is -0.863. The number of esters is 1. The van der Waals surface area contributed by atoms with Crippen molar-refractivity contribution in [1.29, 1.82) is 0 Å². The van der Waals surface area contributed by atoms with Crippen molar-refractivity contribution in [3.05, 3.63) is 54.0 Å². The van der Waals surface area contributed by atoms with Crippen molar-refractivity contribution in [3.8, 4) is 0 Å². The van der Waals surface area contributed by atoms with E-state index in [4.69, 9.17) is 4.42 Å². The molecular weight excluding hydrogens is 364 g/mol. The molecule has 1 unspecified atom stereocenters. The molecule has 0 spiro atoms. The molecule has 28 heavy (non-hydrogen) atoms. The third-order valence-electron chi connectivity index (χ3n) is 4.91. The molecule has 144 valence electrons. The molecule has 8 heteroatoms. The number of carbonyl (C=O) groups is 4. The first kappa shape index (κ1) is 18.0. The molecule has 0 N–H and O–H groups in total. The van der Waals surface area contributed by atoms with E-state index in [-0.39, 0.29) is 24.1 Å². The minimum Gasteiger partial charge on any atom is -0.465 e. The quantitative estimate of drug-likeness (QED) is 0.580. The third kappa shape index (κ3) is 3.06. The number of methoxy groups -OCH3 is 1. The topological polar surface area (TPSA) is 97.1 Å². The number of amides is 3. The SMILES string of the molecule is COC(=O)c1ccc(N2C(=O)CC(N(C(=O)c3ccco3)C3CC3)C2=O)cc1. The smallest absolute Gasteiger partial charge is 0.337 e. The van der Waals surface area contributed by atoms with Crippen LogP contribution in [-0.2, 0) is 14.3 Å². The van der Waals surface area contributed by atoms with E-state index in [2.05, 4.69) is 4.74 Å². The van der Waals surface area contributed by atoms with Gasteiger partial charge < -0.3 is 14.1 Å². The highest BCUT2D eigenvalue weighted by atomic mass is 16.5. The van der Waals surface area contributed by atoms with Gasteiger partial charge in [-0.2, -0.15) is 0 Å². The van der Waals surface area contributed by atoms with Crippen LogP contribution in [-0.4, -0.2) is 47.8 Å².